The number of nitrogens with zero attached hydrogens (tertiary/aromatic N) is 5. The van der Waals surface area contributed by atoms with Crippen LogP contribution in [0.25, 0.3) is 17.1 Å². The molecule has 1 aliphatic carbocycles. The summed E-state index contributed by atoms with van der Waals surface area (Å²) in [7, 11) is 0. The summed E-state index contributed by atoms with van der Waals surface area (Å²) >= 11 is 1.32. The number of thioether (sulfide) groups is 1. The smallest absolute Gasteiger partial charge is 0.318 e. The number of carbonyl (C=O) groups excluding carboxylic acids is 1. The first-order chi connectivity index (χ1) is 16.7. The zero-order valence-corrected chi connectivity index (χ0v) is 19.9. The third-order valence-electron chi connectivity index (χ3n) is 5.99. The van der Waals surface area contributed by atoms with E-state index >= 15 is 0 Å². The van der Waals surface area contributed by atoms with E-state index in [1.54, 1.807) is 42.9 Å². The molecule has 10 heteroatoms. The summed E-state index contributed by atoms with van der Waals surface area (Å²) in [5.41, 5.74) is 2.29. The minimum Gasteiger partial charge on any atom is -0.318 e. The van der Waals surface area contributed by atoms with E-state index < -0.39 is 11.7 Å². The quantitative estimate of drug-likeness (QED) is 0.229. The van der Waals surface area contributed by atoms with Crippen molar-refractivity contribution in [1.29, 1.82) is 0 Å². The SMILES string of the molecule is Cc1cc(C(=O)CSc2nnc(-c3cccnc3)n2C2CC2)c(C)n1-c1cccc(C(F)(F)F)c1. The van der Waals surface area contributed by atoms with Crippen LogP contribution in [-0.4, -0.2) is 35.9 Å². The topological polar surface area (TPSA) is 65.6 Å². The van der Waals surface area contributed by atoms with Crippen molar-refractivity contribution in [2.75, 3.05) is 5.75 Å². The highest BCUT2D eigenvalue weighted by Crippen LogP contribution is 2.41. The average molecular weight is 498 g/mol. The lowest BCUT2D eigenvalue weighted by molar-refractivity contribution is -0.137. The fourth-order valence-corrected chi connectivity index (χ4v) is 5.09. The summed E-state index contributed by atoms with van der Waals surface area (Å²) < 4.78 is 43.4. The van der Waals surface area contributed by atoms with E-state index in [4.69, 9.17) is 0 Å². The third kappa shape index (κ3) is 4.62. The Morgan fingerprint density at radius 1 is 1.11 bits per heavy atom. The average Bonchev–Trinajstić information content (AvgIpc) is 3.52. The molecule has 5 rings (SSSR count). The molecule has 35 heavy (non-hydrogen) atoms. The maximum Gasteiger partial charge on any atom is 0.416 e. The van der Waals surface area contributed by atoms with E-state index in [9.17, 15) is 18.0 Å². The van der Waals surface area contributed by atoms with Crippen LogP contribution in [0.2, 0.25) is 0 Å². The number of Topliss-reactive ketones (excluding diaryl/α,β-unsaturated/α-hetero) is 1. The van der Waals surface area contributed by atoms with Crippen molar-refractivity contribution in [3.63, 3.8) is 0 Å². The lowest BCUT2D eigenvalue weighted by Gasteiger charge is -2.13. The predicted octanol–water partition coefficient (Wildman–Crippen LogP) is 6.08. The van der Waals surface area contributed by atoms with E-state index in [1.807, 2.05) is 12.1 Å². The molecule has 0 unspecified atom stereocenters. The molecule has 1 fully saturated rings. The molecule has 180 valence electrons. The highest BCUT2D eigenvalue weighted by molar-refractivity contribution is 7.99. The number of pyridine rings is 1. The van der Waals surface area contributed by atoms with Crippen molar-refractivity contribution in [1.82, 2.24) is 24.3 Å². The second-order valence-corrected chi connectivity index (χ2v) is 9.47. The Morgan fingerprint density at radius 3 is 2.60 bits per heavy atom. The monoisotopic (exact) mass is 497 g/mol. The fraction of sp³-hybridized carbons (Fsp3) is 0.280. The van der Waals surface area contributed by atoms with Gasteiger partial charge in [-0.1, -0.05) is 17.8 Å². The molecular weight excluding hydrogens is 475 g/mol. The maximum atomic E-state index is 13.2. The number of ketones is 1. The molecule has 0 aliphatic heterocycles. The molecule has 0 N–H and O–H groups in total. The van der Waals surface area contributed by atoms with Gasteiger partial charge < -0.3 is 4.57 Å². The Morgan fingerprint density at radius 2 is 1.91 bits per heavy atom. The molecule has 0 bridgehead atoms. The minimum absolute atomic E-state index is 0.116. The molecule has 1 saturated carbocycles. The van der Waals surface area contributed by atoms with Crippen molar-refractivity contribution >= 4 is 17.5 Å². The maximum absolute atomic E-state index is 13.2. The van der Waals surface area contributed by atoms with Gasteiger partial charge in [-0.15, -0.1) is 10.2 Å². The first kappa shape index (κ1) is 23.3. The molecular formula is C25H22F3N5OS. The normalized spacial score (nSPS) is 13.9. The van der Waals surface area contributed by atoms with Gasteiger partial charge in [0.15, 0.2) is 16.8 Å². The molecule has 0 atom stereocenters. The first-order valence-corrected chi connectivity index (χ1v) is 12.1. The second-order valence-electron chi connectivity index (χ2n) is 8.53. The second kappa shape index (κ2) is 8.99. The zero-order valence-electron chi connectivity index (χ0n) is 19.1. The molecule has 0 radical (unpaired) electrons. The standard InChI is InChI=1S/C25H22F3N5OS/c1-15-11-21(16(2)32(15)20-7-3-6-18(12-20)25(26,27)28)22(34)14-35-24-31-30-23(33(24)19-8-9-19)17-5-4-10-29-13-17/h3-7,10-13,19H,8-9,14H2,1-2H3. The van der Waals surface area contributed by atoms with Gasteiger partial charge in [-0.25, -0.2) is 0 Å². The number of aromatic nitrogens is 5. The fourth-order valence-electron chi connectivity index (χ4n) is 4.20. The van der Waals surface area contributed by atoms with Crippen LogP contribution < -0.4 is 0 Å². The number of hydrogen-bond donors (Lipinski definition) is 0. The summed E-state index contributed by atoms with van der Waals surface area (Å²) in [5.74, 6) is 0.762. The molecule has 1 aromatic carbocycles. The third-order valence-corrected chi connectivity index (χ3v) is 6.93. The molecule has 0 amide bonds. The van der Waals surface area contributed by atoms with Gasteiger partial charge in [0.1, 0.15) is 0 Å². The van der Waals surface area contributed by atoms with Gasteiger partial charge >= 0.3 is 6.18 Å². The van der Waals surface area contributed by atoms with Crippen LogP contribution in [0.3, 0.4) is 0 Å². The van der Waals surface area contributed by atoms with Gasteiger partial charge in [0.2, 0.25) is 0 Å². The van der Waals surface area contributed by atoms with E-state index in [0.717, 1.165) is 36.4 Å². The van der Waals surface area contributed by atoms with Crippen molar-refractivity contribution in [2.24, 2.45) is 0 Å². The molecule has 6 nitrogen and oxygen atoms in total. The first-order valence-electron chi connectivity index (χ1n) is 11.1. The van der Waals surface area contributed by atoms with Gasteiger partial charge in [-0.3, -0.25) is 14.3 Å². The summed E-state index contributed by atoms with van der Waals surface area (Å²) in [6.07, 6.45) is 1.07. The van der Waals surface area contributed by atoms with Crippen molar-refractivity contribution < 1.29 is 18.0 Å². The van der Waals surface area contributed by atoms with E-state index in [-0.39, 0.29) is 11.5 Å². The number of benzene rings is 1. The number of halogens is 3. The molecule has 1 aliphatic rings. The summed E-state index contributed by atoms with van der Waals surface area (Å²) in [4.78, 5) is 17.3. The van der Waals surface area contributed by atoms with Gasteiger partial charge in [0, 0.05) is 46.6 Å². The number of aryl methyl sites for hydroxylation is 1. The Hall–Kier alpha value is -3.40. The molecule has 3 aromatic heterocycles. The molecule has 0 spiro atoms. The van der Waals surface area contributed by atoms with Crippen LogP contribution in [0.5, 0.6) is 0 Å². The summed E-state index contributed by atoms with van der Waals surface area (Å²) in [6, 6.07) is 10.9. The minimum atomic E-state index is -4.44. The van der Waals surface area contributed by atoms with Crippen LogP contribution in [0.1, 0.15) is 46.2 Å². The van der Waals surface area contributed by atoms with Crippen molar-refractivity contribution in [2.45, 2.75) is 44.1 Å². The van der Waals surface area contributed by atoms with Gasteiger partial charge in [-0.05, 0) is 63.1 Å². The van der Waals surface area contributed by atoms with Crippen LogP contribution >= 0.6 is 11.8 Å². The highest BCUT2D eigenvalue weighted by atomic mass is 32.2. The van der Waals surface area contributed by atoms with Crippen LogP contribution in [0, 0.1) is 13.8 Å². The van der Waals surface area contributed by atoms with Crippen molar-refractivity contribution in [3.8, 4) is 17.1 Å². The lowest BCUT2D eigenvalue weighted by Crippen LogP contribution is -2.09. The molecule has 0 saturated heterocycles. The number of rotatable bonds is 7. The van der Waals surface area contributed by atoms with Gasteiger partial charge in [-0.2, -0.15) is 13.2 Å². The largest absolute Gasteiger partial charge is 0.416 e. The van der Waals surface area contributed by atoms with Gasteiger partial charge in [0.25, 0.3) is 0 Å². The van der Waals surface area contributed by atoms with E-state index in [1.165, 1.54) is 17.8 Å². The highest BCUT2D eigenvalue weighted by Gasteiger charge is 2.32. The van der Waals surface area contributed by atoms with Crippen LogP contribution in [0.4, 0.5) is 13.2 Å². The molecule has 3 heterocycles. The summed E-state index contributed by atoms with van der Waals surface area (Å²) in [6.45, 7) is 3.53. The Balaban J connectivity index is 1.38. The van der Waals surface area contributed by atoms with E-state index in [2.05, 4.69) is 19.7 Å². The van der Waals surface area contributed by atoms with E-state index in [0.29, 0.717) is 33.8 Å². The van der Waals surface area contributed by atoms with Crippen LogP contribution in [-0.2, 0) is 6.18 Å². The number of alkyl halides is 3. The Labute approximate surface area is 204 Å². The number of carbonyl (C=O) groups is 1. The molecule has 4 aromatic rings. The zero-order chi connectivity index (χ0) is 24.7. The number of hydrogen-bond acceptors (Lipinski definition) is 5. The van der Waals surface area contributed by atoms with Crippen molar-refractivity contribution in [3.05, 3.63) is 77.4 Å². The summed E-state index contributed by atoms with van der Waals surface area (Å²) in [5, 5.41) is 9.35. The van der Waals surface area contributed by atoms with Gasteiger partial charge in [0.05, 0.1) is 11.3 Å². The Kier molecular flexibility index (Phi) is 6.00. The predicted molar refractivity (Wildman–Crippen MR) is 127 cm³/mol. The van der Waals surface area contributed by atoms with Crippen LogP contribution in [0.15, 0.2) is 60.0 Å². The lowest BCUT2D eigenvalue weighted by atomic mass is 10.1. The Bertz CT molecular complexity index is 1390.